The normalized spacial score (nSPS) is 12.9. The van der Waals surface area contributed by atoms with E-state index in [9.17, 15) is 4.79 Å². The first-order valence-corrected chi connectivity index (χ1v) is 7.46. The summed E-state index contributed by atoms with van der Waals surface area (Å²) in [6.45, 7) is 1.05. The van der Waals surface area contributed by atoms with E-state index in [0.717, 1.165) is 0 Å². The minimum atomic E-state index is -0.227. The topological polar surface area (TPSA) is 47.6 Å². The number of rotatable bonds is 2. The number of halogens is 2. The highest BCUT2D eigenvalue weighted by Crippen LogP contribution is 2.33. The van der Waals surface area contributed by atoms with E-state index in [2.05, 4.69) is 21.2 Å². The van der Waals surface area contributed by atoms with Gasteiger partial charge in [0.15, 0.2) is 11.5 Å². The molecule has 0 fully saturated rings. The van der Waals surface area contributed by atoms with Crippen LogP contribution in [0.3, 0.4) is 0 Å². The van der Waals surface area contributed by atoms with Crippen LogP contribution in [-0.4, -0.2) is 19.1 Å². The lowest BCUT2D eigenvalue weighted by Crippen LogP contribution is -2.16. The number of carbonyl (C=O) groups excluding carboxylic acids is 1. The second-order valence-corrected chi connectivity index (χ2v) is 5.73. The number of hydrogen-bond acceptors (Lipinski definition) is 3. The first kappa shape index (κ1) is 14.2. The van der Waals surface area contributed by atoms with Crippen molar-refractivity contribution in [1.29, 1.82) is 0 Å². The minimum Gasteiger partial charge on any atom is -0.486 e. The largest absolute Gasteiger partial charge is 0.486 e. The predicted molar refractivity (Wildman–Crippen MR) is 84.5 cm³/mol. The number of ether oxygens (including phenoxy) is 2. The van der Waals surface area contributed by atoms with Gasteiger partial charge in [0.1, 0.15) is 13.2 Å². The van der Waals surface area contributed by atoms with Crippen molar-refractivity contribution in [3.63, 3.8) is 0 Å². The Morgan fingerprint density at radius 1 is 1.10 bits per heavy atom. The quantitative estimate of drug-likeness (QED) is 0.867. The molecular weight excluding hydrogens is 358 g/mol. The van der Waals surface area contributed by atoms with Gasteiger partial charge in [-0.1, -0.05) is 11.6 Å². The van der Waals surface area contributed by atoms with Gasteiger partial charge >= 0.3 is 0 Å². The molecule has 1 aliphatic rings. The summed E-state index contributed by atoms with van der Waals surface area (Å²) in [6.07, 6.45) is 0. The molecule has 0 atom stereocenters. The molecule has 0 radical (unpaired) electrons. The SMILES string of the molecule is O=C(Nc1ccc2c(c1)OCCO2)c1ccc(Cl)cc1Br. The third-order valence-electron chi connectivity index (χ3n) is 2.98. The molecule has 1 aliphatic heterocycles. The first-order chi connectivity index (χ1) is 10.1. The number of fused-ring (bicyclic) bond motifs is 1. The van der Waals surface area contributed by atoms with Gasteiger partial charge in [-0.3, -0.25) is 4.79 Å². The monoisotopic (exact) mass is 367 g/mol. The Bertz CT molecular complexity index is 705. The van der Waals surface area contributed by atoms with E-state index >= 15 is 0 Å². The Kier molecular flexibility index (Phi) is 4.03. The van der Waals surface area contributed by atoms with Crippen LogP contribution < -0.4 is 14.8 Å². The summed E-state index contributed by atoms with van der Waals surface area (Å²) >= 11 is 9.20. The van der Waals surface area contributed by atoms with Crippen molar-refractivity contribution >= 4 is 39.1 Å². The molecule has 1 N–H and O–H groups in total. The molecule has 0 aromatic heterocycles. The van der Waals surface area contributed by atoms with Crippen LogP contribution in [0.5, 0.6) is 11.5 Å². The average Bonchev–Trinajstić information content (AvgIpc) is 2.47. The van der Waals surface area contributed by atoms with E-state index in [1.165, 1.54) is 0 Å². The summed E-state index contributed by atoms with van der Waals surface area (Å²) in [7, 11) is 0. The van der Waals surface area contributed by atoms with E-state index in [4.69, 9.17) is 21.1 Å². The lowest BCUT2D eigenvalue weighted by atomic mass is 10.2. The highest BCUT2D eigenvalue weighted by Gasteiger charge is 2.14. The summed E-state index contributed by atoms with van der Waals surface area (Å²) in [5, 5.41) is 3.39. The molecule has 4 nitrogen and oxygen atoms in total. The molecule has 1 amide bonds. The fraction of sp³-hybridized carbons (Fsp3) is 0.133. The molecular formula is C15H11BrClNO3. The van der Waals surface area contributed by atoms with Gasteiger partial charge in [-0.05, 0) is 46.3 Å². The molecule has 3 rings (SSSR count). The Morgan fingerprint density at radius 2 is 1.86 bits per heavy atom. The van der Waals surface area contributed by atoms with Crippen molar-refractivity contribution < 1.29 is 14.3 Å². The smallest absolute Gasteiger partial charge is 0.256 e. The van der Waals surface area contributed by atoms with Crippen LogP contribution in [0.15, 0.2) is 40.9 Å². The van der Waals surface area contributed by atoms with Gasteiger partial charge in [-0.15, -0.1) is 0 Å². The molecule has 1 heterocycles. The van der Waals surface area contributed by atoms with E-state index in [0.29, 0.717) is 45.5 Å². The second kappa shape index (κ2) is 5.95. The fourth-order valence-corrected chi connectivity index (χ4v) is 2.86. The Morgan fingerprint density at radius 3 is 2.62 bits per heavy atom. The maximum absolute atomic E-state index is 12.3. The van der Waals surface area contributed by atoms with E-state index < -0.39 is 0 Å². The van der Waals surface area contributed by atoms with Crippen molar-refractivity contribution in [1.82, 2.24) is 0 Å². The molecule has 0 saturated carbocycles. The number of amides is 1. The molecule has 108 valence electrons. The van der Waals surface area contributed by atoms with E-state index in [-0.39, 0.29) is 5.91 Å². The third-order valence-corrected chi connectivity index (χ3v) is 3.87. The fourth-order valence-electron chi connectivity index (χ4n) is 1.99. The number of hydrogen-bond donors (Lipinski definition) is 1. The van der Waals surface area contributed by atoms with Crippen LogP contribution in [0.1, 0.15) is 10.4 Å². The molecule has 0 bridgehead atoms. The Hall–Kier alpha value is -1.72. The van der Waals surface area contributed by atoms with Crippen molar-refractivity contribution in [3.05, 3.63) is 51.5 Å². The molecule has 0 saturated heterocycles. The second-order valence-electron chi connectivity index (χ2n) is 4.44. The maximum atomic E-state index is 12.3. The van der Waals surface area contributed by atoms with Gasteiger partial charge in [0, 0.05) is 21.2 Å². The predicted octanol–water partition coefficient (Wildman–Crippen LogP) is 4.13. The van der Waals surface area contributed by atoms with E-state index in [1.54, 1.807) is 36.4 Å². The van der Waals surface area contributed by atoms with Crippen LogP contribution in [0.2, 0.25) is 5.02 Å². The van der Waals surface area contributed by atoms with Gasteiger partial charge in [-0.25, -0.2) is 0 Å². The number of anilines is 1. The van der Waals surface area contributed by atoms with Crippen LogP contribution in [-0.2, 0) is 0 Å². The Labute approximate surface area is 135 Å². The van der Waals surface area contributed by atoms with Crippen molar-refractivity contribution in [2.24, 2.45) is 0 Å². The molecule has 2 aromatic rings. The molecule has 0 spiro atoms. The minimum absolute atomic E-state index is 0.227. The molecule has 2 aromatic carbocycles. The lowest BCUT2D eigenvalue weighted by Gasteiger charge is -2.19. The summed E-state index contributed by atoms with van der Waals surface area (Å²) in [6, 6.07) is 10.3. The number of nitrogens with one attached hydrogen (secondary N) is 1. The maximum Gasteiger partial charge on any atom is 0.256 e. The first-order valence-electron chi connectivity index (χ1n) is 6.29. The van der Waals surface area contributed by atoms with Crippen LogP contribution >= 0.6 is 27.5 Å². The number of carbonyl (C=O) groups is 1. The standard InChI is InChI=1S/C15H11BrClNO3/c16-12-7-9(17)1-3-11(12)15(19)18-10-2-4-13-14(8-10)21-6-5-20-13/h1-4,7-8H,5-6H2,(H,18,19). The Balaban J connectivity index is 1.81. The number of benzene rings is 2. The van der Waals surface area contributed by atoms with Crippen molar-refractivity contribution in [2.75, 3.05) is 18.5 Å². The highest BCUT2D eigenvalue weighted by atomic mass is 79.9. The zero-order valence-electron chi connectivity index (χ0n) is 10.9. The third kappa shape index (κ3) is 3.14. The van der Waals surface area contributed by atoms with Gasteiger partial charge in [0.25, 0.3) is 5.91 Å². The van der Waals surface area contributed by atoms with Crippen molar-refractivity contribution in [3.8, 4) is 11.5 Å². The van der Waals surface area contributed by atoms with Crippen LogP contribution in [0, 0.1) is 0 Å². The lowest BCUT2D eigenvalue weighted by molar-refractivity contribution is 0.102. The summed E-state index contributed by atoms with van der Waals surface area (Å²) < 4.78 is 11.6. The van der Waals surface area contributed by atoms with Gasteiger partial charge < -0.3 is 14.8 Å². The zero-order chi connectivity index (χ0) is 14.8. The van der Waals surface area contributed by atoms with E-state index in [1.807, 2.05) is 0 Å². The van der Waals surface area contributed by atoms with Crippen LogP contribution in [0.25, 0.3) is 0 Å². The summed E-state index contributed by atoms with van der Waals surface area (Å²) in [5.74, 6) is 1.09. The zero-order valence-corrected chi connectivity index (χ0v) is 13.2. The van der Waals surface area contributed by atoms with Gasteiger partial charge in [0.2, 0.25) is 0 Å². The molecule has 6 heteroatoms. The van der Waals surface area contributed by atoms with Gasteiger partial charge in [0.05, 0.1) is 5.56 Å². The summed E-state index contributed by atoms with van der Waals surface area (Å²) in [4.78, 5) is 12.3. The van der Waals surface area contributed by atoms with Crippen LogP contribution in [0.4, 0.5) is 5.69 Å². The molecule has 21 heavy (non-hydrogen) atoms. The highest BCUT2D eigenvalue weighted by molar-refractivity contribution is 9.10. The van der Waals surface area contributed by atoms with Gasteiger partial charge in [-0.2, -0.15) is 0 Å². The molecule has 0 unspecified atom stereocenters. The summed E-state index contributed by atoms with van der Waals surface area (Å²) in [5.41, 5.74) is 1.15. The average molecular weight is 369 g/mol. The van der Waals surface area contributed by atoms with Crippen molar-refractivity contribution in [2.45, 2.75) is 0 Å². The molecule has 0 aliphatic carbocycles.